The van der Waals surface area contributed by atoms with Crippen molar-refractivity contribution in [2.75, 3.05) is 6.61 Å². The minimum absolute atomic E-state index is 0.0489. The number of aliphatic hydroxyl groups is 1. The maximum Gasteiger partial charge on any atom is 0.115 e. The first-order chi connectivity index (χ1) is 8.75. The zero-order valence-electron chi connectivity index (χ0n) is 10.4. The van der Waals surface area contributed by atoms with Crippen LogP contribution in [0.25, 0.3) is 0 Å². The first-order valence-electron chi connectivity index (χ1n) is 6.36. The molecule has 2 aliphatic heterocycles. The molecule has 2 fully saturated rings. The largest absolute Gasteiger partial charge is 0.387 e. The Morgan fingerprint density at radius 2 is 2.06 bits per heavy atom. The van der Waals surface area contributed by atoms with Crippen LogP contribution in [-0.2, 0) is 20.8 Å². The second-order valence-electron chi connectivity index (χ2n) is 4.93. The lowest BCUT2D eigenvalue weighted by Crippen LogP contribution is -2.36. The summed E-state index contributed by atoms with van der Waals surface area (Å²) in [5.74, 6) is 0. The third-order valence-corrected chi connectivity index (χ3v) is 3.52. The Bertz CT molecular complexity index is 390. The molecule has 0 aliphatic carbocycles. The van der Waals surface area contributed by atoms with E-state index < -0.39 is 6.10 Å². The standard InChI is InChI=1S/C14H18O4/c1-9-13(12(15)14(18-9)11-8-16-11)17-7-10-5-3-2-4-6-10/h2-6,9,11-15H,7-8H2,1H3/t9?,11-,12-,13+,14-/m1/s1. The molecular formula is C14H18O4. The van der Waals surface area contributed by atoms with E-state index in [1.54, 1.807) is 0 Å². The molecule has 5 atom stereocenters. The van der Waals surface area contributed by atoms with E-state index in [-0.39, 0.29) is 24.4 Å². The summed E-state index contributed by atoms with van der Waals surface area (Å²) >= 11 is 0. The molecule has 1 aromatic carbocycles. The topological polar surface area (TPSA) is 51.2 Å². The monoisotopic (exact) mass is 250 g/mol. The molecule has 2 saturated heterocycles. The van der Waals surface area contributed by atoms with E-state index in [4.69, 9.17) is 14.2 Å². The van der Waals surface area contributed by atoms with Crippen LogP contribution in [0.2, 0.25) is 0 Å². The smallest absolute Gasteiger partial charge is 0.115 e. The van der Waals surface area contributed by atoms with Gasteiger partial charge in [-0.1, -0.05) is 30.3 Å². The number of hydrogen-bond donors (Lipinski definition) is 1. The first kappa shape index (κ1) is 12.1. The summed E-state index contributed by atoms with van der Waals surface area (Å²) in [5, 5.41) is 10.2. The van der Waals surface area contributed by atoms with Crippen molar-refractivity contribution in [3.8, 4) is 0 Å². The van der Waals surface area contributed by atoms with E-state index in [0.717, 1.165) is 5.56 Å². The van der Waals surface area contributed by atoms with Gasteiger partial charge in [-0.05, 0) is 12.5 Å². The molecule has 0 spiro atoms. The van der Waals surface area contributed by atoms with Gasteiger partial charge in [-0.2, -0.15) is 0 Å². The molecule has 98 valence electrons. The van der Waals surface area contributed by atoms with E-state index in [0.29, 0.717) is 13.2 Å². The second kappa shape index (κ2) is 4.97. The molecule has 0 aromatic heterocycles. The van der Waals surface area contributed by atoms with Gasteiger partial charge in [-0.25, -0.2) is 0 Å². The molecule has 1 N–H and O–H groups in total. The Morgan fingerprint density at radius 1 is 1.33 bits per heavy atom. The maximum absolute atomic E-state index is 10.2. The molecular weight excluding hydrogens is 232 g/mol. The van der Waals surface area contributed by atoms with Crippen molar-refractivity contribution in [1.82, 2.24) is 0 Å². The molecule has 4 nitrogen and oxygen atoms in total. The highest BCUT2D eigenvalue weighted by atomic mass is 16.6. The molecule has 0 saturated carbocycles. The Kier molecular flexibility index (Phi) is 3.35. The quantitative estimate of drug-likeness (QED) is 0.814. The van der Waals surface area contributed by atoms with Gasteiger partial charge in [0.1, 0.15) is 24.4 Å². The van der Waals surface area contributed by atoms with E-state index >= 15 is 0 Å². The highest BCUT2D eigenvalue weighted by molar-refractivity contribution is 5.13. The fourth-order valence-electron chi connectivity index (χ4n) is 2.42. The van der Waals surface area contributed by atoms with Gasteiger partial charge in [0.05, 0.1) is 19.3 Å². The molecule has 1 aromatic rings. The number of hydrogen-bond acceptors (Lipinski definition) is 4. The van der Waals surface area contributed by atoms with Gasteiger partial charge in [-0.15, -0.1) is 0 Å². The van der Waals surface area contributed by atoms with Gasteiger partial charge >= 0.3 is 0 Å². The van der Waals surface area contributed by atoms with Crippen molar-refractivity contribution in [1.29, 1.82) is 0 Å². The zero-order valence-corrected chi connectivity index (χ0v) is 10.4. The molecule has 1 unspecified atom stereocenters. The summed E-state index contributed by atoms with van der Waals surface area (Å²) in [7, 11) is 0. The zero-order chi connectivity index (χ0) is 12.5. The van der Waals surface area contributed by atoms with Crippen LogP contribution in [0.5, 0.6) is 0 Å². The summed E-state index contributed by atoms with van der Waals surface area (Å²) in [6, 6.07) is 9.94. The fraction of sp³-hybridized carbons (Fsp3) is 0.571. The SMILES string of the molecule is CC1O[C@H]([C@H]2CO2)[C@H](O)[C@H]1OCc1ccccc1. The van der Waals surface area contributed by atoms with E-state index in [1.165, 1.54) is 0 Å². The van der Waals surface area contributed by atoms with Gasteiger partial charge in [-0.3, -0.25) is 0 Å². The van der Waals surface area contributed by atoms with Crippen molar-refractivity contribution in [2.24, 2.45) is 0 Å². The van der Waals surface area contributed by atoms with Crippen molar-refractivity contribution in [2.45, 2.75) is 44.1 Å². The Balaban J connectivity index is 1.58. The highest BCUT2D eigenvalue weighted by Gasteiger charge is 2.50. The fourth-order valence-corrected chi connectivity index (χ4v) is 2.42. The lowest BCUT2D eigenvalue weighted by atomic mass is 10.1. The third kappa shape index (κ3) is 2.42. The van der Waals surface area contributed by atoms with Crippen LogP contribution in [0.15, 0.2) is 30.3 Å². The number of ether oxygens (including phenoxy) is 3. The predicted molar refractivity (Wildman–Crippen MR) is 65.1 cm³/mol. The summed E-state index contributed by atoms with van der Waals surface area (Å²) in [6.45, 7) is 3.11. The molecule has 0 amide bonds. The van der Waals surface area contributed by atoms with Crippen LogP contribution in [-0.4, -0.2) is 42.2 Å². The van der Waals surface area contributed by atoms with Crippen molar-refractivity contribution >= 4 is 0 Å². The lowest BCUT2D eigenvalue weighted by Gasteiger charge is -2.18. The minimum Gasteiger partial charge on any atom is -0.387 e. The van der Waals surface area contributed by atoms with E-state index in [2.05, 4.69) is 0 Å². The van der Waals surface area contributed by atoms with Crippen LogP contribution in [0.1, 0.15) is 12.5 Å². The normalized spacial score (nSPS) is 38.9. The van der Waals surface area contributed by atoms with Crippen molar-refractivity contribution in [3.63, 3.8) is 0 Å². The third-order valence-electron chi connectivity index (χ3n) is 3.52. The Labute approximate surface area is 106 Å². The van der Waals surface area contributed by atoms with E-state index in [9.17, 15) is 5.11 Å². The molecule has 2 aliphatic rings. The maximum atomic E-state index is 10.2. The van der Waals surface area contributed by atoms with Crippen LogP contribution >= 0.6 is 0 Å². The molecule has 0 radical (unpaired) electrons. The van der Waals surface area contributed by atoms with E-state index in [1.807, 2.05) is 37.3 Å². The van der Waals surface area contributed by atoms with Crippen LogP contribution in [0.3, 0.4) is 0 Å². The summed E-state index contributed by atoms with van der Waals surface area (Å²) in [6.07, 6.45) is -1.16. The van der Waals surface area contributed by atoms with Gasteiger partial charge in [0, 0.05) is 0 Å². The van der Waals surface area contributed by atoms with Crippen LogP contribution in [0, 0.1) is 0 Å². The average Bonchev–Trinajstić information content (AvgIpc) is 3.17. The lowest BCUT2D eigenvalue weighted by molar-refractivity contribution is -0.0412. The molecule has 3 rings (SSSR count). The molecule has 0 bridgehead atoms. The van der Waals surface area contributed by atoms with Crippen molar-refractivity contribution < 1.29 is 19.3 Å². The predicted octanol–water partition coefficient (Wildman–Crippen LogP) is 1.12. The molecule has 18 heavy (non-hydrogen) atoms. The Morgan fingerprint density at radius 3 is 2.72 bits per heavy atom. The summed E-state index contributed by atoms with van der Waals surface area (Å²) in [4.78, 5) is 0. The highest BCUT2D eigenvalue weighted by Crippen LogP contribution is 2.31. The van der Waals surface area contributed by atoms with Crippen LogP contribution in [0.4, 0.5) is 0 Å². The van der Waals surface area contributed by atoms with Gasteiger partial charge in [0.25, 0.3) is 0 Å². The molecule has 2 heterocycles. The average molecular weight is 250 g/mol. The molecule has 4 heteroatoms. The summed E-state index contributed by atoms with van der Waals surface area (Å²) < 4.78 is 16.7. The number of aliphatic hydroxyl groups excluding tert-OH is 1. The first-order valence-corrected chi connectivity index (χ1v) is 6.36. The number of benzene rings is 1. The van der Waals surface area contributed by atoms with Gasteiger partial charge in [0.15, 0.2) is 0 Å². The van der Waals surface area contributed by atoms with Crippen molar-refractivity contribution in [3.05, 3.63) is 35.9 Å². The van der Waals surface area contributed by atoms with Crippen LogP contribution < -0.4 is 0 Å². The minimum atomic E-state index is -0.601. The number of epoxide rings is 1. The second-order valence-corrected chi connectivity index (χ2v) is 4.93. The summed E-state index contributed by atoms with van der Waals surface area (Å²) in [5.41, 5.74) is 1.10. The number of rotatable bonds is 4. The van der Waals surface area contributed by atoms with Gasteiger partial charge in [0.2, 0.25) is 0 Å². The van der Waals surface area contributed by atoms with Gasteiger partial charge < -0.3 is 19.3 Å². The Hall–Kier alpha value is -0.940.